The molecule has 0 radical (unpaired) electrons. The zero-order chi connectivity index (χ0) is 38.6. The van der Waals surface area contributed by atoms with Gasteiger partial charge in [-0.25, -0.2) is 4.79 Å². The van der Waals surface area contributed by atoms with Gasteiger partial charge >= 0.3 is 6.09 Å². The second-order valence-corrected chi connectivity index (χ2v) is 12.2. The van der Waals surface area contributed by atoms with E-state index in [9.17, 15) is 24.0 Å². The number of alkyl carbamates (subject to hydrolysis) is 1. The summed E-state index contributed by atoms with van der Waals surface area (Å²) in [6.07, 6.45) is 0.684. The monoisotopic (exact) mass is 728 g/mol. The van der Waals surface area contributed by atoms with Crippen LogP contribution >= 0.6 is 0 Å². The average Bonchev–Trinajstić information content (AvgIpc) is 3.14. The lowest BCUT2D eigenvalue weighted by atomic mass is 9.95. The molecule has 0 heterocycles. The maximum atomic E-state index is 13.9. The Kier molecular flexibility index (Phi) is 16.8. The molecule has 5 amide bonds. The van der Waals surface area contributed by atoms with Crippen LogP contribution in [0, 0.1) is 11.3 Å². The van der Waals surface area contributed by atoms with Gasteiger partial charge in [-0.15, -0.1) is 0 Å². The number of primary amides is 1. The average molecular weight is 729 g/mol. The maximum absolute atomic E-state index is 13.9. The number of guanidine groups is 1. The van der Waals surface area contributed by atoms with Gasteiger partial charge in [-0.2, -0.15) is 0 Å². The van der Waals surface area contributed by atoms with Gasteiger partial charge < -0.3 is 48.9 Å². The quantitative estimate of drug-likeness (QED) is 0.0331. The molecule has 0 aromatic heterocycles. The topological polar surface area (TPSA) is 283 Å². The number of hydrogen-bond acceptors (Lipinski definition) is 8. The lowest BCUT2D eigenvalue weighted by Gasteiger charge is -2.24. The summed E-state index contributed by atoms with van der Waals surface area (Å²) in [5.74, 6) is -4.37. The SMILES string of the molecule is N=C(N)c1ccc(C[C@H](C(=O)Nc2ccccc2)C(=O)NC(CCCCNC(=O)OCc2ccccc2)C(=O)NC(CCCN=C(N)N)C(N)=O)cc1. The van der Waals surface area contributed by atoms with E-state index in [1.165, 1.54) is 0 Å². The molecule has 0 saturated heterocycles. The lowest BCUT2D eigenvalue weighted by molar-refractivity contribution is -0.136. The Morgan fingerprint density at radius 2 is 1.32 bits per heavy atom. The minimum absolute atomic E-state index is 0.0409. The van der Waals surface area contributed by atoms with E-state index in [0.717, 1.165) is 5.56 Å². The van der Waals surface area contributed by atoms with Crippen LogP contribution in [0.4, 0.5) is 10.5 Å². The van der Waals surface area contributed by atoms with Gasteiger partial charge in [-0.1, -0.05) is 72.8 Å². The molecule has 3 aromatic rings. The first-order valence-electron chi connectivity index (χ1n) is 17.1. The summed E-state index contributed by atoms with van der Waals surface area (Å²) in [5, 5.41) is 18.4. The van der Waals surface area contributed by atoms with Crippen LogP contribution in [0.3, 0.4) is 0 Å². The summed E-state index contributed by atoms with van der Waals surface area (Å²) in [6.45, 7) is 0.533. The first-order valence-corrected chi connectivity index (χ1v) is 17.1. The Morgan fingerprint density at radius 1 is 0.698 bits per heavy atom. The Balaban J connectivity index is 1.74. The highest BCUT2D eigenvalue weighted by atomic mass is 16.5. The van der Waals surface area contributed by atoms with Crippen molar-refractivity contribution < 1.29 is 28.7 Å². The van der Waals surface area contributed by atoms with Gasteiger partial charge in [0.2, 0.25) is 23.6 Å². The molecule has 0 aliphatic carbocycles. The van der Waals surface area contributed by atoms with Gasteiger partial charge in [-0.05, 0) is 61.8 Å². The number of para-hydroxylation sites is 1. The van der Waals surface area contributed by atoms with E-state index in [4.69, 9.17) is 33.1 Å². The van der Waals surface area contributed by atoms with E-state index < -0.39 is 47.7 Å². The number of amidine groups is 1. The number of aliphatic imine (C=N–C) groups is 1. The Morgan fingerprint density at radius 3 is 1.94 bits per heavy atom. The standard InChI is InChI=1S/C37H48N10O6/c38-31(39)26-18-16-24(17-19-26)22-28(33(49)45-27-12-5-2-6-13-27)34(50)47-30(35(51)46-29(32(40)48)15-9-21-43-36(41)42)14-7-8-20-44-37(52)53-23-25-10-3-1-4-11-25/h1-6,10-13,16-19,28-30H,7-9,14-15,20-23H2,(H3,38,39)(H2,40,48)(H,44,52)(H,45,49)(H,46,51)(H,47,50)(H4,41,42,43)/t28-,29?,30?/m1/s1. The van der Waals surface area contributed by atoms with Crippen molar-refractivity contribution >= 4 is 47.2 Å². The third-order valence-electron chi connectivity index (χ3n) is 8.02. The van der Waals surface area contributed by atoms with E-state index in [2.05, 4.69) is 26.3 Å². The second kappa shape index (κ2) is 21.7. The van der Waals surface area contributed by atoms with Gasteiger partial charge in [0.1, 0.15) is 30.4 Å². The second-order valence-electron chi connectivity index (χ2n) is 12.2. The fraction of sp³-hybridized carbons (Fsp3) is 0.324. The molecule has 0 spiro atoms. The maximum Gasteiger partial charge on any atom is 0.407 e. The van der Waals surface area contributed by atoms with E-state index in [1.54, 1.807) is 54.6 Å². The zero-order valence-corrected chi connectivity index (χ0v) is 29.4. The van der Waals surface area contributed by atoms with Crippen molar-refractivity contribution in [2.75, 3.05) is 18.4 Å². The highest BCUT2D eigenvalue weighted by Crippen LogP contribution is 2.16. The number of amides is 5. The smallest absolute Gasteiger partial charge is 0.407 e. The van der Waals surface area contributed by atoms with Gasteiger partial charge in [0.15, 0.2) is 5.96 Å². The van der Waals surface area contributed by atoms with Crippen LogP contribution in [0.15, 0.2) is 89.9 Å². The van der Waals surface area contributed by atoms with Crippen molar-refractivity contribution in [2.24, 2.45) is 33.8 Å². The highest BCUT2D eigenvalue weighted by Gasteiger charge is 2.32. The summed E-state index contributed by atoms with van der Waals surface area (Å²) < 4.78 is 5.23. The van der Waals surface area contributed by atoms with Crippen LogP contribution in [0.5, 0.6) is 0 Å². The van der Waals surface area contributed by atoms with Crippen LogP contribution in [0.1, 0.15) is 48.8 Å². The van der Waals surface area contributed by atoms with Crippen molar-refractivity contribution in [3.63, 3.8) is 0 Å². The number of benzene rings is 3. The number of nitrogen functional groups attached to an aromatic ring is 1. The zero-order valence-electron chi connectivity index (χ0n) is 29.4. The molecule has 13 N–H and O–H groups in total. The van der Waals surface area contributed by atoms with Crippen LogP contribution in [-0.2, 0) is 36.9 Å². The molecule has 0 aliphatic heterocycles. The minimum Gasteiger partial charge on any atom is -0.445 e. The molecular weight excluding hydrogens is 680 g/mol. The number of nitrogens with one attached hydrogen (secondary N) is 5. The number of anilines is 1. The number of nitrogens with zero attached hydrogens (tertiary/aromatic N) is 1. The minimum atomic E-state index is -1.29. The molecule has 2 unspecified atom stereocenters. The van der Waals surface area contributed by atoms with Crippen molar-refractivity contribution in [1.82, 2.24) is 16.0 Å². The largest absolute Gasteiger partial charge is 0.445 e. The number of carbonyl (C=O) groups is 5. The van der Waals surface area contributed by atoms with Gasteiger partial charge in [0.05, 0.1) is 0 Å². The predicted octanol–water partition coefficient (Wildman–Crippen LogP) is 1.37. The first kappa shape index (κ1) is 41.0. The molecule has 3 rings (SSSR count). The summed E-state index contributed by atoms with van der Waals surface area (Å²) in [4.78, 5) is 69.5. The summed E-state index contributed by atoms with van der Waals surface area (Å²) in [6, 6.07) is 22.1. The van der Waals surface area contributed by atoms with Crippen LogP contribution in [0.25, 0.3) is 0 Å². The molecule has 53 heavy (non-hydrogen) atoms. The van der Waals surface area contributed by atoms with Gasteiger partial charge in [0.25, 0.3) is 0 Å². The Bertz CT molecular complexity index is 1700. The summed E-state index contributed by atoms with van der Waals surface area (Å²) in [7, 11) is 0. The number of carbonyl (C=O) groups excluding carboxylic acids is 5. The lowest BCUT2D eigenvalue weighted by Crippen LogP contribution is -2.54. The fourth-order valence-corrected chi connectivity index (χ4v) is 5.15. The van der Waals surface area contributed by atoms with Gasteiger partial charge in [0, 0.05) is 24.3 Å². The van der Waals surface area contributed by atoms with Crippen LogP contribution < -0.4 is 44.2 Å². The molecule has 282 valence electrons. The number of ether oxygens (including phenoxy) is 1. The normalized spacial score (nSPS) is 12.2. The molecule has 3 atom stereocenters. The molecule has 0 aliphatic rings. The van der Waals surface area contributed by atoms with Crippen molar-refractivity contribution in [2.45, 2.75) is 57.2 Å². The van der Waals surface area contributed by atoms with Crippen molar-refractivity contribution in [1.29, 1.82) is 5.41 Å². The third kappa shape index (κ3) is 15.1. The molecule has 16 nitrogen and oxygen atoms in total. The molecule has 0 fully saturated rings. The molecule has 16 heteroatoms. The van der Waals surface area contributed by atoms with E-state index in [0.29, 0.717) is 36.1 Å². The van der Waals surface area contributed by atoms with E-state index in [-0.39, 0.29) is 50.8 Å². The van der Waals surface area contributed by atoms with Gasteiger partial charge in [-0.3, -0.25) is 29.6 Å². The van der Waals surface area contributed by atoms with Crippen molar-refractivity contribution in [3.8, 4) is 0 Å². The van der Waals surface area contributed by atoms with Crippen LogP contribution in [0.2, 0.25) is 0 Å². The Labute approximate surface area is 308 Å². The Hall–Kier alpha value is -6.45. The summed E-state index contributed by atoms with van der Waals surface area (Å²) >= 11 is 0. The highest BCUT2D eigenvalue weighted by molar-refractivity contribution is 6.07. The van der Waals surface area contributed by atoms with E-state index in [1.807, 2.05) is 30.3 Å². The molecule has 0 saturated carbocycles. The number of hydrogen-bond donors (Lipinski definition) is 9. The number of unbranched alkanes of at least 4 members (excludes halogenated alkanes) is 1. The number of rotatable bonds is 21. The molecule has 3 aromatic carbocycles. The van der Waals surface area contributed by atoms with E-state index >= 15 is 0 Å². The first-order chi connectivity index (χ1) is 25.4. The molecule has 0 bridgehead atoms. The number of nitrogens with two attached hydrogens (primary N) is 4. The third-order valence-corrected chi connectivity index (χ3v) is 8.02. The predicted molar refractivity (Wildman–Crippen MR) is 201 cm³/mol. The van der Waals surface area contributed by atoms with Crippen LogP contribution in [-0.4, -0.2) is 66.7 Å². The summed E-state index contributed by atoms with van der Waals surface area (Å²) in [5.41, 5.74) is 24.3. The van der Waals surface area contributed by atoms with Crippen molar-refractivity contribution in [3.05, 3.63) is 102 Å². The molecular formula is C37H48N10O6. The fourth-order valence-electron chi connectivity index (χ4n) is 5.15.